The molecular weight excluding hydrogens is 358 g/mol. The average molecular weight is 375 g/mol. The van der Waals surface area contributed by atoms with E-state index in [1.165, 1.54) is 0 Å². The maximum atomic E-state index is 13.1. The second-order valence-electron chi connectivity index (χ2n) is 6.11. The minimum atomic E-state index is -0.374. The Morgan fingerprint density at radius 3 is 2.70 bits per heavy atom. The number of carbonyl (C=O) groups excluding carboxylic acids is 1. The molecule has 0 aliphatic heterocycles. The molecule has 0 bridgehead atoms. The predicted octanol–water partition coefficient (Wildman–Crippen LogP) is 3.44. The van der Waals surface area contributed by atoms with Crippen LogP contribution in [0, 0.1) is 0 Å². The van der Waals surface area contributed by atoms with E-state index in [1.54, 1.807) is 34.2 Å². The van der Waals surface area contributed by atoms with Gasteiger partial charge in [-0.2, -0.15) is 0 Å². The van der Waals surface area contributed by atoms with Crippen molar-refractivity contribution >= 4 is 28.3 Å². The van der Waals surface area contributed by atoms with E-state index >= 15 is 0 Å². The highest BCUT2D eigenvalue weighted by molar-refractivity contribution is 7.09. The first-order valence-corrected chi connectivity index (χ1v) is 9.43. The van der Waals surface area contributed by atoms with Gasteiger partial charge < -0.3 is 5.32 Å². The fourth-order valence-corrected chi connectivity index (χ4v) is 3.60. The second-order valence-corrected chi connectivity index (χ2v) is 7.15. The van der Waals surface area contributed by atoms with E-state index in [4.69, 9.17) is 0 Å². The number of carbonyl (C=O) groups is 1. The van der Waals surface area contributed by atoms with Crippen molar-refractivity contribution in [3.63, 3.8) is 0 Å². The van der Waals surface area contributed by atoms with E-state index in [2.05, 4.69) is 10.3 Å². The number of hydrogen-bond donors (Lipinski definition) is 1. The van der Waals surface area contributed by atoms with E-state index in [1.807, 2.05) is 53.9 Å². The molecule has 4 rings (SSSR count). The highest BCUT2D eigenvalue weighted by atomic mass is 32.1. The molecule has 1 amide bonds. The number of amides is 1. The number of hydrogen-bond acceptors (Lipinski definition) is 4. The van der Waals surface area contributed by atoms with E-state index in [-0.39, 0.29) is 17.0 Å². The van der Waals surface area contributed by atoms with Gasteiger partial charge in [-0.15, -0.1) is 11.3 Å². The van der Waals surface area contributed by atoms with Crippen molar-refractivity contribution in [2.45, 2.75) is 13.1 Å². The zero-order valence-corrected chi connectivity index (χ0v) is 15.3. The zero-order valence-electron chi connectivity index (χ0n) is 14.5. The van der Waals surface area contributed by atoms with E-state index in [0.717, 1.165) is 15.8 Å². The first-order valence-electron chi connectivity index (χ1n) is 8.55. The van der Waals surface area contributed by atoms with Crippen molar-refractivity contribution in [2.24, 2.45) is 0 Å². The lowest BCUT2D eigenvalue weighted by Crippen LogP contribution is -2.33. The summed E-state index contributed by atoms with van der Waals surface area (Å²) in [5.41, 5.74) is 1.33. The molecule has 5 nitrogen and oxygen atoms in total. The molecule has 0 fully saturated rings. The molecule has 4 aromatic rings. The van der Waals surface area contributed by atoms with Gasteiger partial charge in [-0.25, -0.2) is 4.98 Å². The quantitative estimate of drug-likeness (QED) is 0.581. The molecule has 0 saturated carbocycles. The minimum absolute atomic E-state index is 0.128. The normalized spacial score (nSPS) is 10.8. The molecule has 0 aliphatic rings. The molecule has 0 radical (unpaired) electrons. The molecule has 0 saturated heterocycles. The van der Waals surface area contributed by atoms with Crippen LogP contribution in [0.15, 0.2) is 77.0 Å². The minimum Gasteiger partial charge on any atom is -0.347 e. The van der Waals surface area contributed by atoms with Crippen LogP contribution < -0.4 is 10.9 Å². The number of rotatable bonds is 5. The van der Waals surface area contributed by atoms with Crippen LogP contribution in [-0.4, -0.2) is 15.5 Å². The first kappa shape index (κ1) is 17.2. The number of pyridine rings is 2. The van der Waals surface area contributed by atoms with E-state index < -0.39 is 0 Å². The summed E-state index contributed by atoms with van der Waals surface area (Å²) >= 11 is 1.56. The summed E-state index contributed by atoms with van der Waals surface area (Å²) in [6, 6.07) is 18.8. The maximum Gasteiger partial charge on any atom is 0.265 e. The summed E-state index contributed by atoms with van der Waals surface area (Å²) in [6.07, 6.45) is 1.65. The maximum absolute atomic E-state index is 13.1. The lowest BCUT2D eigenvalue weighted by Gasteiger charge is -2.12. The third-order valence-corrected chi connectivity index (χ3v) is 5.16. The monoisotopic (exact) mass is 375 g/mol. The fraction of sp³-hybridized carbons (Fsp3) is 0.0952. The Hall–Kier alpha value is -3.25. The van der Waals surface area contributed by atoms with Crippen LogP contribution in [0.2, 0.25) is 0 Å². The van der Waals surface area contributed by atoms with Crippen molar-refractivity contribution in [3.8, 4) is 0 Å². The lowest BCUT2D eigenvalue weighted by atomic mass is 10.1. The Labute approximate surface area is 159 Å². The lowest BCUT2D eigenvalue weighted by molar-refractivity contribution is 0.0949. The Bertz CT molecular complexity index is 1140. The van der Waals surface area contributed by atoms with Gasteiger partial charge in [0.2, 0.25) is 0 Å². The van der Waals surface area contributed by atoms with Crippen LogP contribution in [0.3, 0.4) is 0 Å². The third-order valence-electron chi connectivity index (χ3n) is 4.28. The molecule has 27 heavy (non-hydrogen) atoms. The molecule has 1 N–H and O–H groups in total. The highest BCUT2D eigenvalue weighted by Gasteiger charge is 2.16. The third kappa shape index (κ3) is 3.66. The van der Waals surface area contributed by atoms with Crippen molar-refractivity contribution < 1.29 is 4.79 Å². The molecular formula is C21H17N3O2S. The fourth-order valence-electron chi connectivity index (χ4n) is 2.96. The summed E-state index contributed by atoms with van der Waals surface area (Å²) in [4.78, 5) is 31.1. The van der Waals surface area contributed by atoms with Crippen LogP contribution in [-0.2, 0) is 13.1 Å². The molecule has 134 valence electrons. The number of benzene rings is 1. The SMILES string of the molecule is O=C(NCc1cccs1)c1cc2cccnc2n(Cc2ccccc2)c1=O. The van der Waals surface area contributed by atoms with Crippen molar-refractivity contribution in [2.75, 3.05) is 0 Å². The molecule has 3 aromatic heterocycles. The van der Waals surface area contributed by atoms with Gasteiger partial charge >= 0.3 is 0 Å². The Balaban J connectivity index is 1.73. The summed E-state index contributed by atoms with van der Waals surface area (Å²) in [7, 11) is 0. The van der Waals surface area contributed by atoms with Crippen LogP contribution in [0.25, 0.3) is 11.0 Å². The van der Waals surface area contributed by atoms with Gasteiger partial charge in [-0.3, -0.25) is 14.2 Å². The van der Waals surface area contributed by atoms with Gasteiger partial charge in [0.15, 0.2) is 0 Å². The zero-order chi connectivity index (χ0) is 18.6. The van der Waals surface area contributed by atoms with Gasteiger partial charge in [0.1, 0.15) is 11.2 Å². The van der Waals surface area contributed by atoms with Gasteiger partial charge in [0, 0.05) is 16.5 Å². The van der Waals surface area contributed by atoms with E-state index in [9.17, 15) is 9.59 Å². The van der Waals surface area contributed by atoms with Gasteiger partial charge in [-0.1, -0.05) is 36.4 Å². The molecule has 3 heterocycles. The first-order chi connectivity index (χ1) is 13.2. The van der Waals surface area contributed by atoms with Gasteiger partial charge in [0.25, 0.3) is 11.5 Å². The van der Waals surface area contributed by atoms with Crippen molar-refractivity contribution in [1.82, 2.24) is 14.9 Å². The number of fused-ring (bicyclic) bond motifs is 1. The number of thiophene rings is 1. The summed E-state index contributed by atoms with van der Waals surface area (Å²) in [6.45, 7) is 0.763. The molecule has 6 heteroatoms. The smallest absolute Gasteiger partial charge is 0.265 e. The Morgan fingerprint density at radius 2 is 1.93 bits per heavy atom. The predicted molar refractivity (Wildman–Crippen MR) is 107 cm³/mol. The van der Waals surface area contributed by atoms with Crippen LogP contribution in [0.4, 0.5) is 0 Å². The van der Waals surface area contributed by atoms with Crippen LogP contribution in [0.5, 0.6) is 0 Å². The largest absolute Gasteiger partial charge is 0.347 e. The van der Waals surface area contributed by atoms with Gasteiger partial charge in [0.05, 0.1) is 13.1 Å². The van der Waals surface area contributed by atoms with Crippen molar-refractivity contribution in [1.29, 1.82) is 0 Å². The molecule has 1 aromatic carbocycles. The standard InChI is InChI=1S/C21H17N3O2S/c25-20(23-13-17-9-5-11-27-17)18-12-16-8-4-10-22-19(16)24(21(18)26)14-15-6-2-1-3-7-15/h1-12H,13-14H2,(H,23,25). The molecule has 0 atom stereocenters. The van der Waals surface area contributed by atoms with Crippen LogP contribution >= 0.6 is 11.3 Å². The summed E-state index contributed by atoms with van der Waals surface area (Å²) in [5, 5.41) is 5.55. The Morgan fingerprint density at radius 1 is 1.07 bits per heavy atom. The molecule has 0 unspecified atom stereocenters. The summed E-state index contributed by atoms with van der Waals surface area (Å²) in [5.74, 6) is -0.374. The molecule has 0 aliphatic carbocycles. The summed E-state index contributed by atoms with van der Waals surface area (Å²) < 4.78 is 1.56. The molecule has 0 spiro atoms. The number of aromatic nitrogens is 2. The van der Waals surface area contributed by atoms with Crippen molar-refractivity contribution in [3.05, 3.63) is 98.6 Å². The van der Waals surface area contributed by atoms with Crippen LogP contribution in [0.1, 0.15) is 20.8 Å². The number of nitrogens with zero attached hydrogens (tertiary/aromatic N) is 2. The second kappa shape index (κ2) is 7.55. The Kier molecular flexibility index (Phi) is 4.80. The highest BCUT2D eigenvalue weighted by Crippen LogP contribution is 2.13. The van der Waals surface area contributed by atoms with E-state index in [0.29, 0.717) is 18.7 Å². The average Bonchev–Trinajstić information content (AvgIpc) is 3.22. The number of nitrogens with one attached hydrogen (secondary N) is 1. The van der Waals surface area contributed by atoms with Gasteiger partial charge in [-0.05, 0) is 35.2 Å². The topological polar surface area (TPSA) is 64.0 Å².